The van der Waals surface area contributed by atoms with Gasteiger partial charge in [-0.15, -0.1) is 0 Å². The van der Waals surface area contributed by atoms with Crippen molar-refractivity contribution in [2.45, 2.75) is 105 Å². The van der Waals surface area contributed by atoms with Crippen LogP contribution in [0.15, 0.2) is 11.6 Å². The third-order valence-electron chi connectivity index (χ3n) is 11.6. The van der Waals surface area contributed by atoms with E-state index in [1.165, 1.54) is 51.4 Å². The van der Waals surface area contributed by atoms with Crippen molar-refractivity contribution in [2.75, 3.05) is 13.2 Å². The molecule has 0 aromatic heterocycles. The van der Waals surface area contributed by atoms with E-state index in [1.807, 2.05) is 0 Å². The first-order chi connectivity index (χ1) is 15.7. The minimum Gasteiger partial charge on any atom is -0.344 e. The summed E-state index contributed by atoms with van der Waals surface area (Å²) >= 11 is 0. The Morgan fingerprint density at radius 2 is 1.73 bits per heavy atom. The van der Waals surface area contributed by atoms with E-state index in [0.717, 1.165) is 55.6 Å². The Labute approximate surface area is 202 Å². The van der Waals surface area contributed by atoms with Crippen molar-refractivity contribution >= 4 is 0 Å². The summed E-state index contributed by atoms with van der Waals surface area (Å²) in [6.45, 7) is 13.7. The van der Waals surface area contributed by atoms with Crippen LogP contribution in [0, 0.1) is 63.6 Å². The van der Waals surface area contributed by atoms with Crippen molar-refractivity contribution in [3.05, 3.63) is 11.6 Å². The van der Waals surface area contributed by atoms with E-state index in [1.54, 1.807) is 5.57 Å². The fourth-order valence-corrected chi connectivity index (χ4v) is 9.55. The van der Waals surface area contributed by atoms with Crippen molar-refractivity contribution in [1.29, 1.82) is 5.26 Å². The van der Waals surface area contributed by atoms with Crippen LogP contribution in [-0.2, 0) is 9.47 Å². The van der Waals surface area contributed by atoms with Gasteiger partial charge in [-0.1, -0.05) is 40.2 Å². The smallest absolute Gasteiger partial charge is 0.188 e. The summed E-state index contributed by atoms with van der Waals surface area (Å²) in [5.74, 6) is 4.52. The molecule has 184 valence electrons. The van der Waals surface area contributed by atoms with Gasteiger partial charge in [-0.2, -0.15) is 5.26 Å². The first kappa shape index (κ1) is 23.9. The van der Waals surface area contributed by atoms with E-state index >= 15 is 0 Å². The van der Waals surface area contributed by atoms with Gasteiger partial charge in [0.25, 0.3) is 0 Å². The van der Waals surface area contributed by atoms with E-state index in [0.29, 0.717) is 16.7 Å². The molecule has 0 aromatic carbocycles. The highest BCUT2D eigenvalue weighted by molar-refractivity contribution is 5.27. The summed E-state index contributed by atoms with van der Waals surface area (Å²) < 4.78 is 12.2. The lowest BCUT2D eigenvalue weighted by Gasteiger charge is -2.59. The monoisotopic (exact) mass is 453 g/mol. The average Bonchev–Trinajstić information content (AvgIpc) is 3.38. The van der Waals surface area contributed by atoms with Crippen LogP contribution >= 0.6 is 0 Å². The van der Waals surface area contributed by atoms with Gasteiger partial charge in [0.05, 0.1) is 19.3 Å². The summed E-state index contributed by atoms with van der Waals surface area (Å²) in [5.41, 5.74) is 2.51. The molecule has 0 radical (unpaired) electrons. The maximum atomic E-state index is 9.56. The number of rotatable bonds is 5. The van der Waals surface area contributed by atoms with Crippen LogP contribution in [0.3, 0.4) is 0 Å². The fraction of sp³-hybridized carbons (Fsp3) is 0.900. The molecule has 33 heavy (non-hydrogen) atoms. The van der Waals surface area contributed by atoms with Crippen LogP contribution < -0.4 is 0 Å². The molecule has 3 heteroatoms. The van der Waals surface area contributed by atoms with Gasteiger partial charge in [0.15, 0.2) is 5.79 Å². The molecule has 1 aliphatic heterocycles. The Balaban J connectivity index is 1.30. The van der Waals surface area contributed by atoms with Crippen molar-refractivity contribution < 1.29 is 9.47 Å². The summed E-state index contributed by atoms with van der Waals surface area (Å²) in [7, 11) is 0. The summed E-state index contributed by atoms with van der Waals surface area (Å²) in [4.78, 5) is 0. The maximum absolute atomic E-state index is 9.56. The number of nitriles is 1. The molecular weight excluding hydrogens is 406 g/mol. The molecule has 1 heterocycles. The van der Waals surface area contributed by atoms with Crippen LogP contribution in [0.5, 0.6) is 0 Å². The predicted molar refractivity (Wildman–Crippen MR) is 132 cm³/mol. The maximum Gasteiger partial charge on any atom is 0.188 e. The molecule has 4 fully saturated rings. The minimum absolute atomic E-state index is 0.221. The van der Waals surface area contributed by atoms with Gasteiger partial charge in [-0.3, -0.25) is 0 Å². The quantitative estimate of drug-likeness (QED) is 0.404. The van der Waals surface area contributed by atoms with E-state index in [4.69, 9.17) is 9.47 Å². The molecule has 0 bridgehead atoms. The van der Waals surface area contributed by atoms with Crippen molar-refractivity contribution in [2.24, 2.45) is 52.3 Å². The molecule has 4 aliphatic carbocycles. The number of nitrogens with zero attached hydrogens (tertiary/aromatic N) is 1. The molecule has 5 rings (SSSR count). The topological polar surface area (TPSA) is 42.2 Å². The van der Waals surface area contributed by atoms with E-state index in [9.17, 15) is 5.26 Å². The minimum atomic E-state index is -0.393. The molecular formula is C30H47NO2. The molecule has 3 saturated carbocycles. The Hall–Kier alpha value is -0.850. The Morgan fingerprint density at radius 1 is 0.970 bits per heavy atom. The van der Waals surface area contributed by atoms with Gasteiger partial charge < -0.3 is 9.47 Å². The molecule has 5 aliphatic rings. The third kappa shape index (κ3) is 3.83. The zero-order valence-corrected chi connectivity index (χ0v) is 21.9. The van der Waals surface area contributed by atoms with Gasteiger partial charge >= 0.3 is 0 Å². The number of ether oxygens (including phenoxy) is 2. The third-order valence-corrected chi connectivity index (χ3v) is 11.6. The van der Waals surface area contributed by atoms with Gasteiger partial charge in [0, 0.05) is 12.3 Å². The van der Waals surface area contributed by atoms with Crippen molar-refractivity contribution in [3.63, 3.8) is 0 Å². The fourth-order valence-electron chi connectivity index (χ4n) is 9.55. The number of hydrogen-bond acceptors (Lipinski definition) is 3. The lowest BCUT2D eigenvalue weighted by molar-refractivity contribution is -0.144. The number of allylic oxidation sites excluding steroid dienone is 1. The van der Waals surface area contributed by atoms with Crippen LogP contribution in [0.2, 0.25) is 0 Å². The lowest BCUT2D eigenvalue weighted by atomic mass is 9.46. The molecule has 0 N–H and O–H groups in total. The van der Waals surface area contributed by atoms with E-state index in [2.05, 4.69) is 46.8 Å². The highest BCUT2D eigenvalue weighted by atomic mass is 16.7. The first-order valence-corrected chi connectivity index (χ1v) is 14.1. The normalized spacial score (nSPS) is 43.4. The first-order valence-electron chi connectivity index (χ1n) is 14.1. The molecule has 1 saturated heterocycles. The Kier molecular flexibility index (Phi) is 6.27. The SMILES string of the molecule is CC(C)C(C#N)CCC(C)[C@H]1CC[C@H]2[C@@H]3CCC4=CC5(CC[C@]4(C)[C@H]3CC[C@]12C)OCCO5. The van der Waals surface area contributed by atoms with Crippen LogP contribution in [-0.4, -0.2) is 19.0 Å². The zero-order chi connectivity index (χ0) is 23.4. The molecule has 8 atom stereocenters. The highest BCUT2D eigenvalue weighted by Crippen LogP contribution is 2.68. The van der Waals surface area contributed by atoms with E-state index in [-0.39, 0.29) is 5.92 Å². The summed E-state index contributed by atoms with van der Waals surface area (Å²) in [5, 5.41) is 9.56. The highest BCUT2D eigenvalue weighted by Gasteiger charge is 2.60. The van der Waals surface area contributed by atoms with Crippen LogP contribution in [0.1, 0.15) is 98.8 Å². The van der Waals surface area contributed by atoms with E-state index < -0.39 is 5.79 Å². The Morgan fingerprint density at radius 3 is 2.42 bits per heavy atom. The predicted octanol–water partition coefficient (Wildman–Crippen LogP) is 7.52. The van der Waals surface area contributed by atoms with Gasteiger partial charge in [-0.25, -0.2) is 0 Å². The van der Waals surface area contributed by atoms with Gasteiger partial charge in [-0.05, 0) is 110 Å². The largest absolute Gasteiger partial charge is 0.344 e. The average molecular weight is 454 g/mol. The molecule has 3 nitrogen and oxygen atoms in total. The van der Waals surface area contributed by atoms with Crippen molar-refractivity contribution in [3.8, 4) is 6.07 Å². The lowest BCUT2D eigenvalue weighted by Crippen LogP contribution is -2.52. The molecule has 0 amide bonds. The summed E-state index contributed by atoms with van der Waals surface area (Å²) in [6.07, 6.45) is 15.3. The van der Waals surface area contributed by atoms with Crippen LogP contribution in [0.4, 0.5) is 0 Å². The van der Waals surface area contributed by atoms with Crippen LogP contribution in [0.25, 0.3) is 0 Å². The number of fused-ring (bicyclic) bond motifs is 5. The second-order valence-electron chi connectivity index (χ2n) is 13.3. The zero-order valence-electron chi connectivity index (χ0n) is 21.9. The second-order valence-corrected chi connectivity index (χ2v) is 13.3. The van der Waals surface area contributed by atoms with Gasteiger partial charge in [0.2, 0.25) is 0 Å². The molecule has 0 aromatic rings. The standard InChI is InChI=1S/C30H47NO2/c1-20(2)22(19-31)7-6-21(3)25-10-11-26-24-9-8-23-18-30(32-16-17-33-30)15-14-28(23,4)27(24)12-13-29(25,26)5/h18,20-22,24-27H,6-17H2,1-5H3/t21?,22?,24-,25+,26-,27-,28-,29+/m0/s1. The Bertz CT molecular complexity index is 805. The summed E-state index contributed by atoms with van der Waals surface area (Å²) in [6, 6.07) is 2.58. The molecule has 2 unspecified atom stereocenters. The second kappa shape index (κ2) is 8.67. The van der Waals surface area contributed by atoms with Crippen molar-refractivity contribution in [1.82, 2.24) is 0 Å². The molecule has 1 spiro atoms. The number of hydrogen-bond donors (Lipinski definition) is 0. The van der Waals surface area contributed by atoms with Gasteiger partial charge in [0.1, 0.15) is 0 Å².